The van der Waals surface area contributed by atoms with Crippen LogP contribution in [0.5, 0.6) is 0 Å². The van der Waals surface area contributed by atoms with Crippen molar-refractivity contribution in [3.8, 4) is 0 Å². The summed E-state index contributed by atoms with van der Waals surface area (Å²) in [5.74, 6) is 0. The van der Waals surface area contributed by atoms with Crippen molar-refractivity contribution in [2.24, 2.45) is 5.73 Å². The van der Waals surface area contributed by atoms with E-state index < -0.39 is 0 Å². The number of nitrogens with two attached hydrogens (primary N) is 1. The third-order valence-electron chi connectivity index (χ3n) is 2.96. The molecule has 0 aromatic carbocycles. The van der Waals surface area contributed by atoms with E-state index in [2.05, 4.69) is 18.9 Å². The van der Waals surface area contributed by atoms with Crippen molar-refractivity contribution in [3.05, 3.63) is 0 Å². The predicted molar refractivity (Wildman–Crippen MR) is 67.6 cm³/mol. The van der Waals surface area contributed by atoms with Gasteiger partial charge in [0, 0.05) is 12.1 Å². The number of rotatable bonds is 3. The van der Waals surface area contributed by atoms with E-state index in [-0.39, 0.29) is 24.8 Å². The van der Waals surface area contributed by atoms with Crippen molar-refractivity contribution in [2.45, 2.75) is 51.1 Å². The SMILES string of the molecule is CCCCC1C(N)CCCN1C.Cl.Cl. The summed E-state index contributed by atoms with van der Waals surface area (Å²) in [7, 11) is 2.21. The highest BCUT2D eigenvalue weighted by atomic mass is 35.5. The first-order chi connectivity index (χ1) is 5.75. The van der Waals surface area contributed by atoms with Gasteiger partial charge in [-0.15, -0.1) is 24.8 Å². The Hall–Kier alpha value is 0.500. The molecule has 88 valence electrons. The Morgan fingerprint density at radius 2 is 2.00 bits per heavy atom. The molecule has 2 N–H and O–H groups in total. The lowest BCUT2D eigenvalue weighted by molar-refractivity contribution is 0.150. The highest BCUT2D eigenvalue weighted by molar-refractivity contribution is 5.85. The van der Waals surface area contributed by atoms with Crippen LogP contribution in [0.25, 0.3) is 0 Å². The molecule has 1 saturated heterocycles. The number of halogens is 2. The second-order valence-corrected chi connectivity index (χ2v) is 4.00. The van der Waals surface area contributed by atoms with Crippen LogP contribution in [0.3, 0.4) is 0 Å². The predicted octanol–water partition coefficient (Wildman–Crippen LogP) is 2.44. The summed E-state index contributed by atoms with van der Waals surface area (Å²) < 4.78 is 0. The molecule has 0 amide bonds. The van der Waals surface area contributed by atoms with Gasteiger partial charge in [-0.25, -0.2) is 0 Å². The number of nitrogens with zero attached hydrogens (tertiary/aromatic N) is 1. The molecule has 1 aliphatic heterocycles. The number of unbranched alkanes of at least 4 members (excludes halogenated alkanes) is 1. The molecule has 0 aromatic rings. The minimum Gasteiger partial charge on any atom is -0.326 e. The third-order valence-corrected chi connectivity index (χ3v) is 2.96. The molecule has 2 atom stereocenters. The van der Waals surface area contributed by atoms with Crippen LogP contribution in [0.15, 0.2) is 0 Å². The second kappa shape index (κ2) is 8.78. The van der Waals surface area contributed by atoms with Gasteiger partial charge in [0.05, 0.1) is 0 Å². The lowest BCUT2D eigenvalue weighted by atomic mass is 9.93. The quantitative estimate of drug-likeness (QED) is 0.824. The van der Waals surface area contributed by atoms with Gasteiger partial charge in [-0.05, 0) is 32.9 Å². The largest absolute Gasteiger partial charge is 0.326 e. The Bertz CT molecular complexity index is 123. The number of hydrogen-bond donors (Lipinski definition) is 1. The zero-order valence-corrected chi connectivity index (χ0v) is 10.9. The molecule has 1 fully saturated rings. The van der Waals surface area contributed by atoms with Crippen LogP contribution in [0, 0.1) is 0 Å². The molecule has 0 bridgehead atoms. The summed E-state index contributed by atoms with van der Waals surface area (Å²) in [4.78, 5) is 2.43. The topological polar surface area (TPSA) is 29.3 Å². The van der Waals surface area contributed by atoms with E-state index >= 15 is 0 Å². The normalized spacial score (nSPS) is 27.6. The smallest absolute Gasteiger partial charge is 0.0244 e. The summed E-state index contributed by atoms with van der Waals surface area (Å²) in [6.07, 6.45) is 6.40. The summed E-state index contributed by atoms with van der Waals surface area (Å²) in [5.41, 5.74) is 6.07. The van der Waals surface area contributed by atoms with Gasteiger partial charge in [0.2, 0.25) is 0 Å². The first-order valence-electron chi connectivity index (χ1n) is 5.21. The maximum Gasteiger partial charge on any atom is 0.0244 e. The van der Waals surface area contributed by atoms with Crippen LogP contribution < -0.4 is 5.73 Å². The van der Waals surface area contributed by atoms with Gasteiger partial charge in [0.15, 0.2) is 0 Å². The average Bonchev–Trinajstić information content (AvgIpc) is 2.04. The third kappa shape index (κ3) is 4.83. The van der Waals surface area contributed by atoms with Crippen LogP contribution in [0.1, 0.15) is 39.0 Å². The van der Waals surface area contributed by atoms with Gasteiger partial charge >= 0.3 is 0 Å². The molecule has 1 aliphatic rings. The van der Waals surface area contributed by atoms with E-state index in [0.717, 1.165) is 0 Å². The van der Waals surface area contributed by atoms with E-state index in [9.17, 15) is 0 Å². The minimum atomic E-state index is 0. The highest BCUT2D eigenvalue weighted by Gasteiger charge is 2.25. The molecule has 0 aromatic heterocycles. The van der Waals surface area contributed by atoms with Crippen molar-refractivity contribution < 1.29 is 0 Å². The van der Waals surface area contributed by atoms with Crippen molar-refractivity contribution in [1.82, 2.24) is 4.90 Å². The summed E-state index contributed by atoms with van der Waals surface area (Å²) >= 11 is 0. The van der Waals surface area contributed by atoms with Crippen molar-refractivity contribution in [1.29, 1.82) is 0 Å². The molecule has 14 heavy (non-hydrogen) atoms. The fraction of sp³-hybridized carbons (Fsp3) is 1.00. The van der Waals surface area contributed by atoms with E-state index in [1.165, 1.54) is 38.6 Å². The van der Waals surface area contributed by atoms with Gasteiger partial charge in [0.1, 0.15) is 0 Å². The van der Waals surface area contributed by atoms with Crippen LogP contribution in [0.2, 0.25) is 0 Å². The molecular weight excluding hydrogens is 219 g/mol. The van der Waals surface area contributed by atoms with Crippen molar-refractivity contribution in [3.63, 3.8) is 0 Å². The number of likely N-dealkylation sites (tertiary alicyclic amines) is 1. The van der Waals surface area contributed by atoms with Crippen molar-refractivity contribution >= 4 is 24.8 Å². The molecule has 1 rings (SSSR count). The lowest BCUT2D eigenvalue weighted by Gasteiger charge is -2.37. The molecule has 0 saturated carbocycles. The fourth-order valence-corrected chi connectivity index (χ4v) is 2.11. The van der Waals surface area contributed by atoms with Gasteiger partial charge in [-0.2, -0.15) is 0 Å². The Labute approximate surface area is 100 Å². The number of likely N-dealkylation sites (N-methyl/N-ethyl adjacent to an activating group) is 1. The first kappa shape index (κ1) is 16.9. The van der Waals surface area contributed by atoms with E-state index in [1.807, 2.05) is 0 Å². The monoisotopic (exact) mass is 242 g/mol. The lowest BCUT2D eigenvalue weighted by Crippen LogP contribution is -2.50. The maximum atomic E-state index is 6.07. The minimum absolute atomic E-state index is 0. The highest BCUT2D eigenvalue weighted by Crippen LogP contribution is 2.18. The van der Waals surface area contributed by atoms with E-state index in [0.29, 0.717) is 12.1 Å². The molecule has 2 unspecified atom stereocenters. The van der Waals surface area contributed by atoms with Gasteiger partial charge in [-0.1, -0.05) is 19.8 Å². The standard InChI is InChI=1S/C10H22N2.2ClH/c1-3-4-7-10-9(11)6-5-8-12(10)2;;/h9-10H,3-8,11H2,1-2H3;2*1H. The molecule has 4 heteroatoms. The van der Waals surface area contributed by atoms with Gasteiger partial charge < -0.3 is 10.6 Å². The zero-order valence-electron chi connectivity index (χ0n) is 9.24. The Morgan fingerprint density at radius 3 is 2.50 bits per heavy atom. The van der Waals surface area contributed by atoms with Crippen LogP contribution in [0.4, 0.5) is 0 Å². The molecule has 0 spiro atoms. The van der Waals surface area contributed by atoms with Gasteiger partial charge in [-0.3, -0.25) is 0 Å². The molecule has 0 aliphatic carbocycles. The fourth-order valence-electron chi connectivity index (χ4n) is 2.11. The van der Waals surface area contributed by atoms with E-state index in [1.54, 1.807) is 0 Å². The Morgan fingerprint density at radius 1 is 1.36 bits per heavy atom. The van der Waals surface area contributed by atoms with E-state index in [4.69, 9.17) is 5.73 Å². The summed E-state index contributed by atoms with van der Waals surface area (Å²) in [6.45, 7) is 3.48. The molecule has 2 nitrogen and oxygen atoms in total. The number of piperidine rings is 1. The van der Waals surface area contributed by atoms with Crippen LogP contribution in [-0.2, 0) is 0 Å². The zero-order chi connectivity index (χ0) is 8.97. The second-order valence-electron chi connectivity index (χ2n) is 4.00. The van der Waals surface area contributed by atoms with Crippen LogP contribution in [-0.4, -0.2) is 30.6 Å². The van der Waals surface area contributed by atoms with Gasteiger partial charge in [0.25, 0.3) is 0 Å². The van der Waals surface area contributed by atoms with Crippen LogP contribution >= 0.6 is 24.8 Å². The first-order valence-corrected chi connectivity index (χ1v) is 5.21. The Kier molecular flexibility index (Phi) is 10.6. The maximum absolute atomic E-state index is 6.07. The summed E-state index contributed by atoms with van der Waals surface area (Å²) in [5, 5.41) is 0. The molecular formula is C10H24Cl2N2. The van der Waals surface area contributed by atoms with Crippen molar-refractivity contribution in [2.75, 3.05) is 13.6 Å². The summed E-state index contributed by atoms with van der Waals surface area (Å²) in [6, 6.07) is 1.08. The molecule has 1 heterocycles. The molecule has 0 radical (unpaired) electrons. The average molecular weight is 243 g/mol. The Balaban J connectivity index is 0. The number of hydrogen-bond acceptors (Lipinski definition) is 2.